The van der Waals surface area contributed by atoms with Gasteiger partial charge in [-0.15, -0.1) is 0 Å². The van der Waals surface area contributed by atoms with Crippen molar-refractivity contribution in [2.45, 2.75) is 47.0 Å². The minimum absolute atomic E-state index is 0.124. The first kappa shape index (κ1) is 11.5. The van der Waals surface area contributed by atoms with Gasteiger partial charge in [-0.05, 0) is 17.3 Å². The molecule has 2 atom stereocenters. The predicted octanol–water partition coefficient (Wildman–Crippen LogP) is 3.17. The highest BCUT2D eigenvalue weighted by molar-refractivity contribution is 5.71. The number of carboxylic acid groups (broad SMARTS) is 1. The van der Waals surface area contributed by atoms with Gasteiger partial charge in [0.15, 0.2) is 0 Å². The molecule has 0 radical (unpaired) electrons. The van der Waals surface area contributed by atoms with Gasteiger partial charge in [-0.3, -0.25) is 4.79 Å². The quantitative estimate of drug-likeness (QED) is 0.756. The zero-order valence-corrected chi connectivity index (χ0v) is 9.71. The van der Waals surface area contributed by atoms with Gasteiger partial charge < -0.3 is 5.11 Å². The van der Waals surface area contributed by atoms with E-state index in [0.29, 0.717) is 11.8 Å². The molecule has 1 N–H and O–H groups in total. The standard InChI is InChI=1S/C12H22O2/c1-8(9-6-5-7-9)10(11(13)14)12(2,3)4/h8-10H,5-7H2,1-4H3,(H,13,14)/t8-,10?/m0/s1. The van der Waals surface area contributed by atoms with Crippen molar-refractivity contribution in [3.63, 3.8) is 0 Å². The lowest BCUT2D eigenvalue weighted by Gasteiger charge is -2.40. The van der Waals surface area contributed by atoms with E-state index >= 15 is 0 Å². The SMILES string of the molecule is C[C@@H](C1CCC1)C(C(=O)O)C(C)(C)C. The molecule has 14 heavy (non-hydrogen) atoms. The van der Waals surface area contributed by atoms with E-state index in [9.17, 15) is 9.90 Å². The van der Waals surface area contributed by atoms with Gasteiger partial charge in [-0.1, -0.05) is 47.0 Å². The van der Waals surface area contributed by atoms with E-state index in [1.807, 2.05) is 20.8 Å². The van der Waals surface area contributed by atoms with E-state index < -0.39 is 5.97 Å². The molecular weight excluding hydrogens is 176 g/mol. The number of carbonyl (C=O) groups is 1. The Morgan fingerprint density at radius 2 is 1.86 bits per heavy atom. The Balaban J connectivity index is 2.71. The molecule has 0 saturated heterocycles. The fraction of sp³-hybridized carbons (Fsp3) is 0.917. The maximum absolute atomic E-state index is 11.2. The second-order valence-electron chi connectivity index (χ2n) is 5.73. The van der Waals surface area contributed by atoms with E-state index in [4.69, 9.17) is 0 Å². The molecule has 0 aromatic carbocycles. The van der Waals surface area contributed by atoms with Crippen LogP contribution in [0.2, 0.25) is 0 Å². The van der Waals surface area contributed by atoms with Crippen LogP contribution in [0.3, 0.4) is 0 Å². The van der Waals surface area contributed by atoms with E-state index in [-0.39, 0.29) is 11.3 Å². The third kappa shape index (κ3) is 2.28. The van der Waals surface area contributed by atoms with Gasteiger partial charge in [-0.25, -0.2) is 0 Å². The Labute approximate surface area is 86.7 Å². The van der Waals surface area contributed by atoms with Crippen molar-refractivity contribution in [1.82, 2.24) is 0 Å². The van der Waals surface area contributed by atoms with Crippen LogP contribution in [0.4, 0.5) is 0 Å². The summed E-state index contributed by atoms with van der Waals surface area (Å²) in [6.45, 7) is 8.19. The second kappa shape index (κ2) is 3.92. The minimum Gasteiger partial charge on any atom is -0.481 e. The van der Waals surface area contributed by atoms with Gasteiger partial charge in [0.25, 0.3) is 0 Å². The fourth-order valence-electron chi connectivity index (χ4n) is 2.62. The van der Waals surface area contributed by atoms with Crippen molar-refractivity contribution < 1.29 is 9.90 Å². The second-order valence-corrected chi connectivity index (χ2v) is 5.73. The van der Waals surface area contributed by atoms with Crippen LogP contribution in [0.5, 0.6) is 0 Å². The Kier molecular flexibility index (Phi) is 3.23. The molecule has 0 aromatic heterocycles. The number of hydrogen-bond acceptors (Lipinski definition) is 1. The van der Waals surface area contributed by atoms with E-state index in [2.05, 4.69) is 6.92 Å². The molecule has 1 aliphatic rings. The summed E-state index contributed by atoms with van der Waals surface area (Å²) < 4.78 is 0. The van der Waals surface area contributed by atoms with Crippen LogP contribution in [0.1, 0.15) is 47.0 Å². The predicted molar refractivity (Wildman–Crippen MR) is 57.1 cm³/mol. The lowest BCUT2D eigenvalue weighted by molar-refractivity contribution is -0.149. The number of aliphatic carboxylic acids is 1. The van der Waals surface area contributed by atoms with Crippen LogP contribution < -0.4 is 0 Å². The zero-order valence-electron chi connectivity index (χ0n) is 9.71. The first-order valence-corrected chi connectivity index (χ1v) is 5.57. The van der Waals surface area contributed by atoms with Gasteiger partial charge in [0.05, 0.1) is 5.92 Å². The van der Waals surface area contributed by atoms with Crippen LogP contribution in [0, 0.1) is 23.2 Å². The fourth-order valence-corrected chi connectivity index (χ4v) is 2.62. The van der Waals surface area contributed by atoms with Crippen molar-refractivity contribution in [3.05, 3.63) is 0 Å². The average molecular weight is 198 g/mol. The maximum atomic E-state index is 11.2. The monoisotopic (exact) mass is 198 g/mol. The number of hydrogen-bond donors (Lipinski definition) is 1. The summed E-state index contributed by atoms with van der Waals surface area (Å²) in [6, 6.07) is 0. The summed E-state index contributed by atoms with van der Waals surface area (Å²) >= 11 is 0. The molecule has 2 nitrogen and oxygen atoms in total. The molecular formula is C12H22O2. The summed E-state index contributed by atoms with van der Waals surface area (Å²) in [7, 11) is 0. The first-order valence-electron chi connectivity index (χ1n) is 5.57. The van der Waals surface area contributed by atoms with Crippen LogP contribution in [0.25, 0.3) is 0 Å². The molecule has 2 heteroatoms. The van der Waals surface area contributed by atoms with E-state index in [0.717, 1.165) is 0 Å². The van der Waals surface area contributed by atoms with Crippen molar-refractivity contribution >= 4 is 5.97 Å². The Morgan fingerprint density at radius 3 is 2.07 bits per heavy atom. The lowest BCUT2D eigenvalue weighted by atomic mass is 9.64. The summed E-state index contributed by atoms with van der Waals surface area (Å²) in [5.41, 5.74) is -0.124. The highest BCUT2D eigenvalue weighted by Crippen LogP contribution is 2.43. The molecule has 0 aliphatic heterocycles. The average Bonchev–Trinajstić information content (AvgIpc) is 1.75. The topological polar surface area (TPSA) is 37.3 Å². The molecule has 0 heterocycles. The van der Waals surface area contributed by atoms with Crippen molar-refractivity contribution in [3.8, 4) is 0 Å². The molecule has 1 aliphatic carbocycles. The highest BCUT2D eigenvalue weighted by atomic mass is 16.4. The number of carboxylic acids is 1. The summed E-state index contributed by atoms with van der Waals surface area (Å²) in [6.07, 6.45) is 3.73. The highest BCUT2D eigenvalue weighted by Gasteiger charge is 2.40. The van der Waals surface area contributed by atoms with Crippen LogP contribution >= 0.6 is 0 Å². The van der Waals surface area contributed by atoms with Gasteiger partial charge in [0.1, 0.15) is 0 Å². The largest absolute Gasteiger partial charge is 0.481 e. The Bertz CT molecular complexity index is 211. The zero-order chi connectivity index (χ0) is 10.9. The van der Waals surface area contributed by atoms with Gasteiger partial charge in [0.2, 0.25) is 0 Å². The first-order chi connectivity index (χ1) is 6.34. The molecule has 82 valence electrons. The molecule has 1 rings (SSSR count). The van der Waals surface area contributed by atoms with Gasteiger partial charge >= 0.3 is 5.97 Å². The van der Waals surface area contributed by atoms with E-state index in [1.54, 1.807) is 0 Å². The van der Waals surface area contributed by atoms with Crippen LogP contribution in [0.15, 0.2) is 0 Å². The van der Waals surface area contributed by atoms with Gasteiger partial charge in [-0.2, -0.15) is 0 Å². The molecule has 1 saturated carbocycles. The summed E-state index contributed by atoms with van der Waals surface area (Å²) in [5, 5.41) is 9.25. The van der Waals surface area contributed by atoms with Crippen molar-refractivity contribution in [1.29, 1.82) is 0 Å². The summed E-state index contributed by atoms with van der Waals surface area (Å²) in [4.78, 5) is 11.2. The third-order valence-corrected chi connectivity index (χ3v) is 3.62. The third-order valence-electron chi connectivity index (χ3n) is 3.62. The number of rotatable bonds is 3. The van der Waals surface area contributed by atoms with E-state index in [1.165, 1.54) is 19.3 Å². The maximum Gasteiger partial charge on any atom is 0.307 e. The van der Waals surface area contributed by atoms with Gasteiger partial charge in [0, 0.05) is 0 Å². The lowest BCUT2D eigenvalue weighted by Crippen LogP contribution is -2.39. The smallest absolute Gasteiger partial charge is 0.307 e. The molecule has 0 bridgehead atoms. The van der Waals surface area contributed by atoms with Crippen molar-refractivity contribution in [2.75, 3.05) is 0 Å². The molecule has 0 spiro atoms. The Hall–Kier alpha value is -0.530. The Morgan fingerprint density at radius 1 is 1.36 bits per heavy atom. The summed E-state index contributed by atoms with van der Waals surface area (Å²) in [5.74, 6) is 0.140. The molecule has 1 fully saturated rings. The molecule has 1 unspecified atom stereocenters. The normalized spacial score (nSPS) is 22.6. The minimum atomic E-state index is -0.628. The molecule has 0 amide bonds. The molecule has 0 aromatic rings. The van der Waals surface area contributed by atoms with Crippen LogP contribution in [-0.2, 0) is 4.79 Å². The van der Waals surface area contributed by atoms with Crippen LogP contribution in [-0.4, -0.2) is 11.1 Å². The van der Waals surface area contributed by atoms with Crippen molar-refractivity contribution in [2.24, 2.45) is 23.2 Å².